The molecule has 0 unspecified atom stereocenters. The lowest BCUT2D eigenvalue weighted by molar-refractivity contribution is -0.187. The van der Waals surface area contributed by atoms with Gasteiger partial charge >= 0.3 is 18.2 Å². The predicted molar refractivity (Wildman–Crippen MR) is 91.0 cm³/mol. The van der Waals surface area contributed by atoms with Crippen molar-refractivity contribution in [2.75, 3.05) is 18.4 Å². The van der Waals surface area contributed by atoms with E-state index in [1.54, 1.807) is 12.1 Å². The molecule has 2 N–H and O–H groups in total. The number of nitrogens with one attached hydrogen (secondary N) is 1. The first-order valence-corrected chi connectivity index (χ1v) is 8.41. The smallest absolute Gasteiger partial charge is 0.394 e. The first-order chi connectivity index (χ1) is 12.0. The van der Waals surface area contributed by atoms with Crippen LogP contribution >= 0.6 is 0 Å². The maximum absolute atomic E-state index is 13.0. The Morgan fingerprint density at radius 2 is 1.77 bits per heavy atom. The summed E-state index contributed by atoms with van der Waals surface area (Å²) >= 11 is 0. The number of hydrogen-bond donors (Lipinski definition) is 2. The second kappa shape index (κ2) is 7.17. The summed E-state index contributed by atoms with van der Waals surface area (Å²) in [5, 5.41) is 11.5. The number of carbonyl (C=O) groups excluding carboxylic acids is 1. The van der Waals surface area contributed by atoms with Crippen LogP contribution in [0.15, 0.2) is 24.3 Å². The molecule has 1 aromatic rings. The van der Waals surface area contributed by atoms with Gasteiger partial charge in [0.05, 0.1) is 11.8 Å². The highest BCUT2D eigenvalue weighted by atomic mass is 19.4. The highest BCUT2D eigenvalue weighted by Crippen LogP contribution is 2.38. The summed E-state index contributed by atoms with van der Waals surface area (Å²) in [6, 6.07) is 6.38. The van der Waals surface area contributed by atoms with Gasteiger partial charge in [-0.15, -0.1) is 0 Å². The number of alkyl halides is 3. The van der Waals surface area contributed by atoms with Crippen LogP contribution in [-0.2, 0) is 10.2 Å². The number of halogens is 3. The molecular weight excluding hydrogens is 349 g/mol. The van der Waals surface area contributed by atoms with Crippen molar-refractivity contribution in [2.24, 2.45) is 11.8 Å². The minimum Gasteiger partial charge on any atom is -0.481 e. The fraction of sp³-hybridized carbons (Fsp3) is 0.556. The second-order valence-electron chi connectivity index (χ2n) is 7.24. The van der Waals surface area contributed by atoms with Gasteiger partial charge in [0.15, 0.2) is 0 Å². The van der Waals surface area contributed by atoms with Crippen LogP contribution < -0.4 is 5.32 Å². The first-order valence-electron chi connectivity index (χ1n) is 8.41. The molecule has 2 atom stereocenters. The van der Waals surface area contributed by atoms with Crippen molar-refractivity contribution in [1.82, 2.24) is 4.90 Å². The Morgan fingerprint density at radius 1 is 1.19 bits per heavy atom. The van der Waals surface area contributed by atoms with E-state index in [0.29, 0.717) is 5.69 Å². The molecule has 2 amide bonds. The quantitative estimate of drug-likeness (QED) is 0.836. The fourth-order valence-electron chi connectivity index (χ4n) is 2.96. The van der Waals surface area contributed by atoms with Crippen LogP contribution in [0.25, 0.3) is 0 Å². The highest BCUT2D eigenvalue weighted by Gasteiger charge is 2.53. The fourth-order valence-corrected chi connectivity index (χ4v) is 2.96. The number of nitrogens with zero attached hydrogens (tertiary/aromatic N) is 1. The third-order valence-electron chi connectivity index (χ3n) is 5.15. The Morgan fingerprint density at radius 3 is 2.19 bits per heavy atom. The van der Waals surface area contributed by atoms with Gasteiger partial charge in [-0.05, 0) is 29.5 Å². The van der Waals surface area contributed by atoms with Gasteiger partial charge < -0.3 is 15.3 Å². The molecule has 1 saturated heterocycles. The summed E-state index contributed by atoms with van der Waals surface area (Å²) in [6.07, 6.45) is -3.73. The van der Waals surface area contributed by atoms with Gasteiger partial charge in [0.25, 0.3) is 0 Å². The van der Waals surface area contributed by atoms with E-state index in [1.807, 2.05) is 12.1 Å². The van der Waals surface area contributed by atoms with Gasteiger partial charge in [0, 0.05) is 18.8 Å². The standard InChI is InChI=1S/C18H23F3N2O3/c1-4-17(2,3)11-5-7-12(8-6-11)22-16(26)23-9-13(15(24)25)14(10-23)18(19,20)21/h5-8,13-14H,4,9-10H2,1-3H3,(H,22,26)(H,24,25)/t13-,14-/m1/s1. The molecular formula is C18H23F3N2O3. The first kappa shape index (κ1) is 20.1. The molecule has 1 aliphatic heterocycles. The molecule has 5 nitrogen and oxygen atoms in total. The van der Waals surface area contributed by atoms with E-state index in [0.717, 1.165) is 16.9 Å². The lowest BCUT2D eigenvalue weighted by Gasteiger charge is -2.23. The van der Waals surface area contributed by atoms with Crippen molar-refractivity contribution in [3.05, 3.63) is 29.8 Å². The SMILES string of the molecule is CCC(C)(C)c1ccc(NC(=O)N2C[C@@H](C(F)(F)F)[C@H](C(=O)O)C2)cc1. The number of urea groups is 1. The van der Waals surface area contributed by atoms with Crippen LogP contribution in [-0.4, -0.2) is 41.3 Å². The van der Waals surface area contributed by atoms with Crippen molar-refractivity contribution < 1.29 is 27.9 Å². The average molecular weight is 372 g/mol. The molecule has 144 valence electrons. The summed E-state index contributed by atoms with van der Waals surface area (Å²) in [5.74, 6) is -5.25. The molecule has 0 aromatic heterocycles. The third-order valence-corrected chi connectivity index (χ3v) is 5.15. The topological polar surface area (TPSA) is 69.6 Å². The minimum absolute atomic E-state index is 0.0217. The largest absolute Gasteiger partial charge is 0.481 e. The molecule has 1 heterocycles. The number of anilines is 1. The molecule has 26 heavy (non-hydrogen) atoms. The van der Waals surface area contributed by atoms with E-state index in [-0.39, 0.29) is 5.41 Å². The summed E-state index contributed by atoms with van der Waals surface area (Å²) in [6.45, 7) is 5.13. The molecule has 0 aliphatic carbocycles. The number of amides is 2. The van der Waals surface area contributed by atoms with Crippen LogP contribution in [0.4, 0.5) is 23.7 Å². The number of carboxylic acids is 1. The highest BCUT2D eigenvalue weighted by molar-refractivity contribution is 5.90. The van der Waals surface area contributed by atoms with Gasteiger partial charge in [-0.2, -0.15) is 13.2 Å². The zero-order valence-electron chi connectivity index (χ0n) is 14.9. The normalized spacial score (nSPS) is 20.9. The molecule has 1 aromatic carbocycles. The summed E-state index contributed by atoms with van der Waals surface area (Å²) < 4.78 is 39.0. The van der Waals surface area contributed by atoms with Crippen molar-refractivity contribution in [3.63, 3.8) is 0 Å². The molecule has 0 saturated carbocycles. The molecule has 1 fully saturated rings. The number of carboxylic acid groups (broad SMARTS) is 1. The van der Waals surface area contributed by atoms with Crippen LogP contribution in [0.1, 0.15) is 32.8 Å². The Labute approximate surface area is 150 Å². The summed E-state index contributed by atoms with van der Waals surface area (Å²) in [5.41, 5.74) is 1.52. The average Bonchev–Trinajstić information content (AvgIpc) is 3.01. The van der Waals surface area contributed by atoms with E-state index in [4.69, 9.17) is 5.11 Å². The van der Waals surface area contributed by atoms with Crippen molar-refractivity contribution >= 4 is 17.7 Å². The van der Waals surface area contributed by atoms with E-state index < -0.39 is 43.1 Å². The monoisotopic (exact) mass is 372 g/mol. The van der Waals surface area contributed by atoms with Crippen molar-refractivity contribution in [1.29, 1.82) is 0 Å². The zero-order chi connectivity index (χ0) is 19.7. The van der Waals surface area contributed by atoms with Gasteiger partial charge in [-0.25, -0.2) is 4.79 Å². The van der Waals surface area contributed by atoms with Crippen LogP contribution in [0.2, 0.25) is 0 Å². The third kappa shape index (κ3) is 4.28. The Bertz CT molecular complexity index is 671. The van der Waals surface area contributed by atoms with Crippen molar-refractivity contribution in [2.45, 2.75) is 38.8 Å². The van der Waals surface area contributed by atoms with Gasteiger partial charge in [-0.1, -0.05) is 32.9 Å². The Kier molecular flexibility index (Phi) is 5.53. The van der Waals surface area contributed by atoms with Gasteiger partial charge in [0.2, 0.25) is 0 Å². The maximum atomic E-state index is 13.0. The van der Waals surface area contributed by atoms with Crippen LogP contribution in [0.3, 0.4) is 0 Å². The minimum atomic E-state index is -4.66. The van der Waals surface area contributed by atoms with Crippen LogP contribution in [0.5, 0.6) is 0 Å². The summed E-state index contributed by atoms with van der Waals surface area (Å²) in [7, 11) is 0. The van der Waals surface area contributed by atoms with Gasteiger partial charge in [-0.3, -0.25) is 4.79 Å². The lowest BCUT2D eigenvalue weighted by atomic mass is 9.82. The van der Waals surface area contributed by atoms with E-state index in [1.165, 1.54) is 0 Å². The second-order valence-corrected chi connectivity index (χ2v) is 7.24. The van der Waals surface area contributed by atoms with Crippen LogP contribution in [0, 0.1) is 11.8 Å². The van der Waals surface area contributed by atoms with E-state index in [9.17, 15) is 22.8 Å². The van der Waals surface area contributed by atoms with E-state index in [2.05, 4.69) is 26.1 Å². The molecule has 0 spiro atoms. The molecule has 2 rings (SSSR count). The van der Waals surface area contributed by atoms with E-state index >= 15 is 0 Å². The Hall–Kier alpha value is -2.25. The molecule has 1 aliphatic rings. The maximum Gasteiger partial charge on any atom is 0.394 e. The van der Waals surface area contributed by atoms with Gasteiger partial charge in [0.1, 0.15) is 0 Å². The number of carbonyl (C=O) groups is 2. The number of rotatable bonds is 4. The number of benzene rings is 1. The number of aliphatic carboxylic acids is 1. The molecule has 0 bridgehead atoms. The predicted octanol–water partition coefficient (Wildman–Crippen LogP) is 4.10. The molecule has 0 radical (unpaired) electrons. The molecule has 8 heteroatoms. The van der Waals surface area contributed by atoms with Crippen molar-refractivity contribution in [3.8, 4) is 0 Å². The summed E-state index contributed by atoms with van der Waals surface area (Å²) in [4.78, 5) is 24.2. The Balaban J connectivity index is 2.07. The zero-order valence-corrected chi connectivity index (χ0v) is 14.9. The lowest BCUT2D eigenvalue weighted by Crippen LogP contribution is -2.35. The number of likely N-dealkylation sites (tertiary alicyclic amines) is 1. The number of hydrogen-bond acceptors (Lipinski definition) is 2.